The van der Waals surface area contributed by atoms with Crippen molar-refractivity contribution in [1.29, 1.82) is 0 Å². The molecule has 0 aliphatic heterocycles. The normalized spacial score (nSPS) is 11.0. The third-order valence-corrected chi connectivity index (χ3v) is 4.89. The fraction of sp³-hybridized carbons (Fsp3) is 0.250. The lowest BCUT2D eigenvalue weighted by molar-refractivity contribution is 0.425. The van der Waals surface area contributed by atoms with Crippen LogP contribution < -0.4 is 0 Å². The Morgan fingerprint density at radius 3 is 2.90 bits per heavy atom. The Balaban J connectivity index is 1.60. The Labute approximate surface area is 132 Å². The molecule has 0 atom stereocenters. The third-order valence-electron chi connectivity index (χ3n) is 3.23. The van der Waals surface area contributed by atoms with Gasteiger partial charge in [-0.3, -0.25) is 0 Å². The highest BCUT2D eigenvalue weighted by atomic mass is 32.2. The van der Waals surface area contributed by atoms with Gasteiger partial charge in [-0.1, -0.05) is 28.9 Å². The van der Waals surface area contributed by atoms with E-state index in [-0.39, 0.29) is 0 Å². The van der Waals surface area contributed by atoms with Crippen molar-refractivity contribution in [1.82, 2.24) is 10.1 Å². The second-order valence-electron chi connectivity index (χ2n) is 4.95. The van der Waals surface area contributed by atoms with Crippen LogP contribution in [0.15, 0.2) is 39.5 Å². The second kappa shape index (κ2) is 6.45. The van der Waals surface area contributed by atoms with Crippen LogP contribution in [0.4, 0.5) is 0 Å². The first kappa shape index (κ1) is 14.4. The number of benzene rings is 1. The molecule has 3 nitrogen and oxygen atoms in total. The molecule has 108 valence electrons. The summed E-state index contributed by atoms with van der Waals surface area (Å²) in [6, 6.07) is 8.56. The molecule has 0 saturated carbocycles. The molecular weight excluding hydrogens is 300 g/mol. The number of thioether (sulfide) groups is 1. The predicted molar refractivity (Wildman–Crippen MR) is 88.5 cm³/mol. The average molecular weight is 316 g/mol. The molecule has 0 aliphatic rings. The van der Waals surface area contributed by atoms with Gasteiger partial charge in [0.25, 0.3) is 5.89 Å². The first-order valence-electron chi connectivity index (χ1n) is 6.71. The van der Waals surface area contributed by atoms with Crippen molar-refractivity contribution < 1.29 is 4.52 Å². The van der Waals surface area contributed by atoms with Crippen LogP contribution in [0.1, 0.15) is 22.5 Å². The summed E-state index contributed by atoms with van der Waals surface area (Å²) in [5.74, 6) is 3.10. The summed E-state index contributed by atoms with van der Waals surface area (Å²) in [4.78, 5) is 4.43. The molecule has 21 heavy (non-hydrogen) atoms. The summed E-state index contributed by atoms with van der Waals surface area (Å²) in [7, 11) is 0. The number of thiophene rings is 1. The van der Waals surface area contributed by atoms with Gasteiger partial charge in [0, 0.05) is 11.1 Å². The summed E-state index contributed by atoms with van der Waals surface area (Å²) in [6.07, 6.45) is 0. The van der Waals surface area contributed by atoms with Crippen LogP contribution in [-0.2, 0) is 11.5 Å². The monoisotopic (exact) mass is 316 g/mol. The van der Waals surface area contributed by atoms with Crippen molar-refractivity contribution in [3.05, 3.63) is 57.5 Å². The summed E-state index contributed by atoms with van der Waals surface area (Å²) in [5, 5.41) is 8.06. The summed E-state index contributed by atoms with van der Waals surface area (Å²) >= 11 is 3.44. The van der Waals surface area contributed by atoms with Gasteiger partial charge >= 0.3 is 0 Å². The molecule has 5 heteroatoms. The summed E-state index contributed by atoms with van der Waals surface area (Å²) < 4.78 is 5.29. The van der Waals surface area contributed by atoms with Crippen molar-refractivity contribution >= 4 is 23.1 Å². The Morgan fingerprint density at radius 1 is 1.19 bits per heavy atom. The highest BCUT2D eigenvalue weighted by Gasteiger charge is 2.09. The molecule has 1 aromatic carbocycles. The van der Waals surface area contributed by atoms with Gasteiger partial charge in [0.1, 0.15) is 0 Å². The van der Waals surface area contributed by atoms with E-state index in [1.165, 1.54) is 16.7 Å². The predicted octanol–water partition coefficient (Wildman–Crippen LogP) is 4.85. The van der Waals surface area contributed by atoms with Gasteiger partial charge in [-0.05, 0) is 36.4 Å². The fourth-order valence-electron chi connectivity index (χ4n) is 2.02. The van der Waals surface area contributed by atoms with E-state index < -0.39 is 0 Å². The first-order valence-corrected chi connectivity index (χ1v) is 8.81. The number of aromatic nitrogens is 2. The van der Waals surface area contributed by atoms with Gasteiger partial charge in [-0.2, -0.15) is 16.3 Å². The molecule has 3 rings (SSSR count). The maximum absolute atomic E-state index is 5.29. The molecule has 3 aromatic rings. The molecule has 0 aliphatic carbocycles. The van der Waals surface area contributed by atoms with E-state index in [1.54, 1.807) is 11.3 Å². The lowest BCUT2D eigenvalue weighted by atomic mass is 10.1. The zero-order valence-corrected chi connectivity index (χ0v) is 13.6. The van der Waals surface area contributed by atoms with Crippen molar-refractivity contribution in [3.8, 4) is 11.5 Å². The minimum Gasteiger partial charge on any atom is -0.334 e. The van der Waals surface area contributed by atoms with Crippen molar-refractivity contribution in [2.75, 3.05) is 0 Å². The van der Waals surface area contributed by atoms with E-state index >= 15 is 0 Å². The van der Waals surface area contributed by atoms with Crippen molar-refractivity contribution in [2.24, 2.45) is 0 Å². The van der Waals surface area contributed by atoms with E-state index in [1.807, 2.05) is 28.6 Å². The van der Waals surface area contributed by atoms with E-state index in [2.05, 4.69) is 42.2 Å². The average Bonchev–Trinajstić information content (AvgIpc) is 3.13. The highest BCUT2D eigenvalue weighted by molar-refractivity contribution is 7.97. The minimum atomic E-state index is 0.610. The molecule has 0 radical (unpaired) electrons. The number of aryl methyl sites for hydroxylation is 2. The standard InChI is InChI=1S/C16H16N2OS2/c1-11-3-4-12(2)14(7-11)9-21-10-15-17-16(19-18-15)13-5-6-20-8-13/h3-8H,9-10H2,1-2H3. The van der Waals surface area contributed by atoms with Gasteiger partial charge in [-0.25, -0.2) is 0 Å². The van der Waals surface area contributed by atoms with E-state index in [0.717, 1.165) is 22.9 Å². The fourth-order valence-corrected chi connectivity index (χ4v) is 3.59. The lowest BCUT2D eigenvalue weighted by Gasteiger charge is -2.05. The van der Waals surface area contributed by atoms with Gasteiger partial charge in [-0.15, -0.1) is 11.8 Å². The molecule has 0 fully saturated rings. The molecule has 0 spiro atoms. The van der Waals surface area contributed by atoms with Gasteiger partial charge in [0.05, 0.1) is 11.3 Å². The lowest BCUT2D eigenvalue weighted by Crippen LogP contribution is -1.90. The maximum atomic E-state index is 5.29. The molecule has 2 aromatic heterocycles. The quantitative estimate of drug-likeness (QED) is 0.674. The van der Waals surface area contributed by atoms with Gasteiger partial charge in [0.2, 0.25) is 0 Å². The molecule has 0 saturated heterocycles. The van der Waals surface area contributed by atoms with Crippen LogP contribution in [0.3, 0.4) is 0 Å². The zero-order chi connectivity index (χ0) is 14.7. The van der Waals surface area contributed by atoms with E-state index in [4.69, 9.17) is 4.52 Å². The van der Waals surface area contributed by atoms with Crippen LogP contribution in [0.5, 0.6) is 0 Å². The number of hydrogen-bond donors (Lipinski definition) is 0. The number of hydrogen-bond acceptors (Lipinski definition) is 5. The maximum Gasteiger partial charge on any atom is 0.258 e. The molecule has 2 heterocycles. The first-order chi connectivity index (χ1) is 10.2. The molecular formula is C16H16N2OS2. The zero-order valence-electron chi connectivity index (χ0n) is 12.0. The van der Waals surface area contributed by atoms with Gasteiger partial charge < -0.3 is 4.52 Å². The minimum absolute atomic E-state index is 0.610. The number of rotatable bonds is 5. The summed E-state index contributed by atoms with van der Waals surface area (Å²) in [5.41, 5.74) is 5.01. The second-order valence-corrected chi connectivity index (χ2v) is 6.72. The topological polar surface area (TPSA) is 38.9 Å². The highest BCUT2D eigenvalue weighted by Crippen LogP contribution is 2.23. The SMILES string of the molecule is Cc1ccc(C)c(CSCc2noc(-c3ccsc3)n2)c1. The smallest absolute Gasteiger partial charge is 0.258 e. The van der Waals surface area contributed by atoms with Crippen LogP contribution in [0.25, 0.3) is 11.5 Å². The summed E-state index contributed by atoms with van der Waals surface area (Å²) in [6.45, 7) is 4.28. The Bertz CT molecular complexity index is 720. The molecule has 0 bridgehead atoms. The van der Waals surface area contributed by atoms with E-state index in [9.17, 15) is 0 Å². The Hall–Kier alpha value is -1.59. The Kier molecular flexibility index (Phi) is 4.41. The molecule has 0 N–H and O–H groups in total. The Morgan fingerprint density at radius 2 is 2.10 bits per heavy atom. The number of nitrogens with zero attached hydrogens (tertiary/aromatic N) is 2. The van der Waals surface area contributed by atoms with Crippen LogP contribution in [0.2, 0.25) is 0 Å². The van der Waals surface area contributed by atoms with E-state index in [0.29, 0.717) is 5.89 Å². The van der Waals surface area contributed by atoms with Crippen LogP contribution in [0, 0.1) is 13.8 Å². The molecule has 0 unspecified atom stereocenters. The third kappa shape index (κ3) is 3.54. The van der Waals surface area contributed by atoms with Crippen molar-refractivity contribution in [2.45, 2.75) is 25.4 Å². The van der Waals surface area contributed by atoms with Crippen molar-refractivity contribution in [3.63, 3.8) is 0 Å². The van der Waals surface area contributed by atoms with Gasteiger partial charge in [0.15, 0.2) is 5.82 Å². The largest absolute Gasteiger partial charge is 0.334 e. The van der Waals surface area contributed by atoms with Crippen LogP contribution >= 0.6 is 23.1 Å². The molecule has 0 amide bonds. The van der Waals surface area contributed by atoms with Crippen LogP contribution in [-0.4, -0.2) is 10.1 Å².